The minimum atomic E-state index is -0.458. The lowest BCUT2D eigenvalue weighted by Gasteiger charge is -2.10. The van der Waals surface area contributed by atoms with Crippen LogP contribution in [0, 0.1) is 10.1 Å². The molecule has 4 aromatic rings. The maximum Gasteiger partial charge on any atom is 0.269 e. The van der Waals surface area contributed by atoms with Crippen molar-refractivity contribution in [2.45, 2.75) is 13.1 Å². The van der Waals surface area contributed by atoms with Crippen molar-refractivity contribution in [2.75, 3.05) is 16.0 Å². The summed E-state index contributed by atoms with van der Waals surface area (Å²) in [6.07, 6.45) is 3.17. The van der Waals surface area contributed by atoms with E-state index in [-0.39, 0.29) is 11.6 Å². The average Bonchev–Trinajstić information content (AvgIpc) is 3.45. The summed E-state index contributed by atoms with van der Waals surface area (Å²) >= 11 is 0. The third kappa shape index (κ3) is 4.90. The summed E-state index contributed by atoms with van der Waals surface area (Å²) in [6, 6.07) is 13.2. The number of anilines is 4. The Bertz CT molecular complexity index is 1040. The van der Waals surface area contributed by atoms with Gasteiger partial charge in [-0.1, -0.05) is 0 Å². The molecule has 0 saturated carbocycles. The summed E-state index contributed by atoms with van der Waals surface area (Å²) in [5.74, 6) is 2.37. The second-order valence-corrected chi connectivity index (χ2v) is 6.10. The van der Waals surface area contributed by atoms with Gasteiger partial charge in [0.25, 0.3) is 5.69 Å². The zero-order valence-electron chi connectivity index (χ0n) is 15.6. The van der Waals surface area contributed by atoms with Gasteiger partial charge >= 0.3 is 0 Å². The minimum Gasteiger partial charge on any atom is -0.467 e. The number of non-ortho nitro benzene ring substituents is 1. The van der Waals surface area contributed by atoms with E-state index in [1.54, 1.807) is 36.8 Å². The molecule has 4 rings (SSSR count). The van der Waals surface area contributed by atoms with Gasteiger partial charge in [-0.3, -0.25) is 10.1 Å². The first kappa shape index (κ1) is 18.9. The quantitative estimate of drug-likeness (QED) is 0.275. The van der Waals surface area contributed by atoms with E-state index in [0.717, 1.165) is 11.5 Å². The number of furan rings is 2. The molecule has 0 aliphatic heterocycles. The fraction of sp³-hybridized carbons (Fsp3) is 0.105. The van der Waals surface area contributed by atoms with Crippen molar-refractivity contribution in [1.82, 2.24) is 15.0 Å². The molecule has 0 unspecified atom stereocenters. The SMILES string of the molecule is O=[N+]([O-])c1ccc(Nc2nc(NCc3ccco3)nc(NCc3ccco3)n2)cc1. The van der Waals surface area contributed by atoms with Crippen molar-refractivity contribution in [3.8, 4) is 0 Å². The van der Waals surface area contributed by atoms with Gasteiger partial charge < -0.3 is 24.8 Å². The van der Waals surface area contributed by atoms with Crippen LogP contribution in [0.2, 0.25) is 0 Å². The van der Waals surface area contributed by atoms with Crippen LogP contribution in [0.15, 0.2) is 69.9 Å². The van der Waals surface area contributed by atoms with Crippen LogP contribution in [0.4, 0.5) is 29.2 Å². The average molecular weight is 407 g/mol. The fourth-order valence-electron chi connectivity index (χ4n) is 2.54. The molecule has 0 saturated heterocycles. The summed E-state index contributed by atoms with van der Waals surface area (Å²) < 4.78 is 10.6. The van der Waals surface area contributed by atoms with Crippen LogP contribution in [-0.4, -0.2) is 19.9 Å². The van der Waals surface area contributed by atoms with Gasteiger partial charge in [0.05, 0.1) is 30.5 Å². The molecule has 11 nitrogen and oxygen atoms in total. The molecular weight excluding hydrogens is 390 g/mol. The van der Waals surface area contributed by atoms with Crippen molar-refractivity contribution in [3.05, 3.63) is 82.7 Å². The maximum atomic E-state index is 10.8. The van der Waals surface area contributed by atoms with Gasteiger partial charge in [0, 0.05) is 17.8 Å². The Kier molecular flexibility index (Phi) is 5.51. The number of benzene rings is 1. The lowest BCUT2D eigenvalue weighted by molar-refractivity contribution is -0.384. The molecule has 0 aliphatic rings. The zero-order valence-corrected chi connectivity index (χ0v) is 15.6. The van der Waals surface area contributed by atoms with Crippen LogP contribution in [0.25, 0.3) is 0 Å². The van der Waals surface area contributed by atoms with E-state index in [1.807, 2.05) is 12.1 Å². The van der Waals surface area contributed by atoms with E-state index >= 15 is 0 Å². The number of nitro benzene ring substituents is 1. The molecule has 30 heavy (non-hydrogen) atoms. The number of hydrogen-bond acceptors (Lipinski definition) is 10. The standard InChI is InChI=1S/C19H17N7O4/c27-26(28)14-7-5-13(6-8-14)22-19-24-17(20-11-15-3-1-9-29-15)23-18(25-19)21-12-16-4-2-10-30-16/h1-10H,11-12H2,(H3,20,21,22,23,24,25). The van der Waals surface area contributed by atoms with Crippen LogP contribution < -0.4 is 16.0 Å². The molecule has 152 valence electrons. The van der Waals surface area contributed by atoms with Gasteiger partial charge in [-0.15, -0.1) is 0 Å². The fourth-order valence-corrected chi connectivity index (χ4v) is 2.54. The first-order chi connectivity index (χ1) is 14.7. The number of nitro groups is 1. The normalized spacial score (nSPS) is 10.5. The molecule has 11 heteroatoms. The van der Waals surface area contributed by atoms with Crippen LogP contribution in [0.5, 0.6) is 0 Å². The van der Waals surface area contributed by atoms with Gasteiger partial charge in [-0.25, -0.2) is 0 Å². The third-order valence-electron chi connectivity index (χ3n) is 3.97. The molecule has 0 bridgehead atoms. The van der Waals surface area contributed by atoms with Gasteiger partial charge in [0.15, 0.2) is 0 Å². The van der Waals surface area contributed by atoms with Crippen molar-refractivity contribution in [1.29, 1.82) is 0 Å². The Morgan fingerprint density at radius 2 is 1.33 bits per heavy atom. The first-order valence-electron chi connectivity index (χ1n) is 8.96. The summed E-state index contributed by atoms with van der Waals surface area (Å²) in [5.41, 5.74) is 0.596. The van der Waals surface area contributed by atoms with Crippen LogP contribution in [0.1, 0.15) is 11.5 Å². The van der Waals surface area contributed by atoms with Gasteiger partial charge in [0.2, 0.25) is 17.8 Å². The largest absolute Gasteiger partial charge is 0.467 e. The molecule has 0 fully saturated rings. The molecule has 0 spiro atoms. The Morgan fingerprint density at radius 3 is 1.80 bits per heavy atom. The van der Waals surface area contributed by atoms with Crippen LogP contribution in [-0.2, 0) is 13.1 Å². The second kappa shape index (κ2) is 8.73. The lowest BCUT2D eigenvalue weighted by Crippen LogP contribution is -2.11. The topological polar surface area (TPSA) is 144 Å². The predicted molar refractivity (Wildman–Crippen MR) is 108 cm³/mol. The number of rotatable bonds is 9. The highest BCUT2D eigenvalue weighted by Crippen LogP contribution is 2.20. The van der Waals surface area contributed by atoms with Crippen molar-refractivity contribution >= 4 is 29.2 Å². The van der Waals surface area contributed by atoms with Crippen LogP contribution in [0.3, 0.4) is 0 Å². The molecule has 3 aromatic heterocycles. The molecule has 0 atom stereocenters. The number of aromatic nitrogens is 3. The highest BCUT2D eigenvalue weighted by Gasteiger charge is 2.10. The molecular formula is C19H17N7O4. The van der Waals surface area contributed by atoms with Crippen LogP contribution >= 0.6 is 0 Å². The Balaban J connectivity index is 1.52. The van der Waals surface area contributed by atoms with Crippen molar-refractivity contribution in [2.24, 2.45) is 0 Å². The predicted octanol–water partition coefficient (Wildman–Crippen LogP) is 3.93. The smallest absolute Gasteiger partial charge is 0.269 e. The molecule has 0 aliphatic carbocycles. The van der Waals surface area contributed by atoms with Gasteiger partial charge in [0.1, 0.15) is 11.5 Å². The zero-order chi connectivity index (χ0) is 20.8. The molecule has 0 amide bonds. The molecule has 3 heterocycles. The Labute approximate surface area is 170 Å². The second-order valence-electron chi connectivity index (χ2n) is 6.10. The first-order valence-corrected chi connectivity index (χ1v) is 8.96. The van der Waals surface area contributed by atoms with Gasteiger partial charge in [-0.05, 0) is 36.4 Å². The van der Waals surface area contributed by atoms with E-state index in [1.165, 1.54) is 12.1 Å². The molecule has 3 N–H and O–H groups in total. The number of hydrogen-bond donors (Lipinski definition) is 3. The summed E-state index contributed by atoms with van der Waals surface area (Å²) in [5, 5.41) is 20.0. The summed E-state index contributed by atoms with van der Waals surface area (Å²) in [6.45, 7) is 0.789. The monoisotopic (exact) mass is 407 g/mol. The third-order valence-corrected chi connectivity index (χ3v) is 3.97. The maximum absolute atomic E-state index is 10.8. The van der Waals surface area contributed by atoms with E-state index < -0.39 is 4.92 Å². The lowest BCUT2D eigenvalue weighted by atomic mass is 10.3. The minimum absolute atomic E-state index is 0.00203. The molecule has 0 radical (unpaired) electrons. The highest BCUT2D eigenvalue weighted by molar-refractivity contribution is 5.57. The molecule has 1 aromatic carbocycles. The van der Waals surface area contributed by atoms with E-state index in [2.05, 4.69) is 30.9 Å². The highest BCUT2D eigenvalue weighted by atomic mass is 16.6. The van der Waals surface area contributed by atoms with E-state index in [4.69, 9.17) is 8.83 Å². The summed E-state index contributed by atoms with van der Waals surface area (Å²) in [7, 11) is 0. The van der Waals surface area contributed by atoms with Gasteiger partial charge in [-0.2, -0.15) is 15.0 Å². The Morgan fingerprint density at radius 1 is 0.800 bits per heavy atom. The van der Waals surface area contributed by atoms with E-state index in [9.17, 15) is 10.1 Å². The number of nitrogens with zero attached hydrogens (tertiary/aromatic N) is 4. The van der Waals surface area contributed by atoms with E-state index in [0.29, 0.717) is 30.7 Å². The number of nitrogens with one attached hydrogen (secondary N) is 3. The summed E-state index contributed by atoms with van der Waals surface area (Å²) in [4.78, 5) is 23.4. The Hall–Kier alpha value is -4.41. The van der Waals surface area contributed by atoms with Crippen molar-refractivity contribution in [3.63, 3.8) is 0 Å². The van der Waals surface area contributed by atoms with Crippen molar-refractivity contribution < 1.29 is 13.8 Å².